The van der Waals surface area contributed by atoms with Gasteiger partial charge in [-0.1, -0.05) is 0 Å². The van der Waals surface area contributed by atoms with Gasteiger partial charge in [0, 0.05) is 28.4 Å². The highest BCUT2D eigenvalue weighted by Crippen LogP contribution is 2.37. The van der Waals surface area contributed by atoms with Crippen LogP contribution in [0.3, 0.4) is 0 Å². The van der Waals surface area contributed by atoms with E-state index >= 15 is 0 Å². The van der Waals surface area contributed by atoms with Crippen LogP contribution >= 0.6 is 0 Å². The lowest BCUT2D eigenvalue weighted by Crippen LogP contribution is -2.25. The SMILES string of the molecule is COc1ccc2occ(CNC(=O)c3nc(-c4ccc(OC)c5nc(C(F)(F)F)ccc45)oc3[C@H](C)N)c2c1. The van der Waals surface area contributed by atoms with Gasteiger partial charge in [-0.15, -0.1) is 0 Å². The number of benzene rings is 2. The summed E-state index contributed by atoms with van der Waals surface area (Å²) < 4.78 is 61.8. The Morgan fingerprint density at radius 2 is 1.87 bits per heavy atom. The van der Waals surface area contributed by atoms with E-state index in [1.807, 2.05) is 0 Å². The second-order valence-electron chi connectivity index (χ2n) is 8.73. The molecule has 3 heterocycles. The molecule has 202 valence electrons. The number of aromatic nitrogens is 2. The van der Waals surface area contributed by atoms with E-state index in [2.05, 4.69) is 15.3 Å². The number of hydrogen-bond donors (Lipinski definition) is 2. The monoisotopic (exact) mass is 540 g/mol. The molecule has 0 aliphatic carbocycles. The molecule has 5 aromatic rings. The zero-order valence-electron chi connectivity index (χ0n) is 21.1. The molecule has 0 spiro atoms. The molecule has 3 N–H and O–H groups in total. The molecule has 0 aliphatic heterocycles. The number of pyridine rings is 1. The van der Waals surface area contributed by atoms with E-state index in [1.54, 1.807) is 38.3 Å². The lowest BCUT2D eigenvalue weighted by atomic mass is 10.1. The van der Waals surface area contributed by atoms with E-state index in [4.69, 9.17) is 24.0 Å². The summed E-state index contributed by atoms with van der Waals surface area (Å²) in [5.74, 6) is 0.344. The maximum absolute atomic E-state index is 13.3. The molecule has 0 radical (unpaired) electrons. The standard InChI is InChI=1S/C27H23F3N4O5/c1-13(31)24-23(25(35)32-11-14-12-38-19-7-4-15(36-2)10-18(14)19)34-26(39-24)17-5-8-20(37-3)22-16(17)6-9-21(33-22)27(28,29)30/h4-10,12-13H,11,31H2,1-3H3,(H,32,35)/t13-/m0/s1. The van der Waals surface area contributed by atoms with Crippen LogP contribution in [0.5, 0.6) is 11.5 Å². The van der Waals surface area contributed by atoms with E-state index in [0.717, 1.165) is 17.0 Å². The van der Waals surface area contributed by atoms with Crippen LogP contribution in [-0.2, 0) is 12.7 Å². The molecule has 0 unspecified atom stereocenters. The van der Waals surface area contributed by atoms with Gasteiger partial charge in [-0.2, -0.15) is 13.2 Å². The maximum Gasteiger partial charge on any atom is 0.433 e. The lowest BCUT2D eigenvalue weighted by molar-refractivity contribution is -0.140. The van der Waals surface area contributed by atoms with Crippen LogP contribution < -0.4 is 20.5 Å². The van der Waals surface area contributed by atoms with E-state index in [1.165, 1.54) is 25.5 Å². The van der Waals surface area contributed by atoms with Gasteiger partial charge in [0.15, 0.2) is 11.5 Å². The summed E-state index contributed by atoms with van der Waals surface area (Å²) in [7, 11) is 2.88. The average Bonchev–Trinajstić information content (AvgIpc) is 3.54. The van der Waals surface area contributed by atoms with Crippen LogP contribution in [0, 0.1) is 0 Å². The number of oxazole rings is 1. The number of alkyl halides is 3. The number of nitrogens with one attached hydrogen (secondary N) is 1. The summed E-state index contributed by atoms with van der Waals surface area (Å²) in [6, 6.07) is 9.78. The number of nitrogens with zero attached hydrogens (tertiary/aromatic N) is 2. The van der Waals surface area contributed by atoms with E-state index in [-0.39, 0.29) is 35.2 Å². The molecule has 0 bridgehead atoms. The first-order valence-corrected chi connectivity index (χ1v) is 11.7. The highest BCUT2D eigenvalue weighted by Gasteiger charge is 2.33. The lowest BCUT2D eigenvalue weighted by Gasteiger charge is -2.11. The number of amides is 1. The van der Waals surface area contributed by atoms with Crippen LogP contribution in [0.4, 0.5) is 13.2 Å². The van der Waals surface area contributed by atoms with Gasteiger partial charge in [0.1, 0.15) is 28.3 Å². The molecule has 0 fully saturated rings. The zero-order valence-corrected chi connectivity index (χ0v) is 21.1. The van der Waals surface area contributed by atoms with Crippen LogP contribution in [0.15, 0.2) is 57.6 Å². The number of halogens is 3. The Morgan fingerprint density at radius 3 is 2.56 bits per heavy atom. The molecule has 12 heteroatoms. The van der Waals surface area contributed by atoms with Crippen molar-refractivity contribution in [2.45, 2.75) is 25.7 Å². The Bertz CT molecular complexity index is 1690. The van der Waals surface area contributed by atoms with Crippen LogP contribution in [0.25, 0.3) is 33.3 Å². The van der Waals surface area contributed by atoms with E-state index < -0.39 is 23.8 Å². The molecule has 0 aliphatic rings. The van der Waals surface area contributed by atoms with Gasteiger partial charge in [0.2, 0.25) is 5.89 Å². The highest BCUT2D eigenvalue weighted by atomic mass is 19.4. The van der Waals surface area contributed by atoms with Crippen molar-refractivity contribution >= 4 is 27.8 Å². The third-order valence-corrected chi connectivity index (χ3v) is 6.14. The predicted molar refractivity (Wildman–Crippen MR) is 135 cm³/mol. The van der Waals surface area contributed by atoms with Gasteiger partial charge in [0.05, 0.1) is 26.5 Å². The van der Waals surface area contributed by atoms with Crippen molar-refractivity contribution < 1.29 is 36.3 Å². The summed E-state index contributed by atoms with van der Waals surface area (Å²) >= 11 is 0. The molecular weight excluding hydrogens is 517 g/mol. The van der Waals surface area contributed by atoms with Crippen molar-refractivity contribution in [1.29, 1.82) is 0 Å². The first-order valence-electron chi connectivity index (χ1n) is 11.7. The summed E-state index contributed by atoms with van der Waals surface area (Å²) in [5, 5.41) is 3.87. The number of rotatable bonds is 7. The number of nitrogens with two attached hydrogens (primary N) is 1. The Morgan fingerprint density at radius 1 is 1.08 bits per heavy atom. The fourth-order valence-electron chi connectivity index (χ4n) is 4.20. The van der Waals surface area contributed by atoms with E-state index in [9.17, 15) is 18.0 Å². The van der Waals surface area contributed by atoms with Crippen LogP contribution in [0.2, 0.25) is 0 Å². The Kier molecular flexibility index (Phi) is 6.64. The fourth-order valence-corrected chi connectivity index (χ4v) is 4.20. The minimum Gasteiger partial charge on any atom is -0.497 e. The second-order valence-corrected chi connectivity index (χ2v) is 8.73. The number of furan rings is 1. The van der Waals surface area contributed by atoms with Crippen molar-refractivity contribution in [3.05, 3.63) is 71.4 Å². The molecular formula is C27H23F3N4O5. The Hall–Kier alpha value is -4.58. The first kappa shape index (κ1) is 26.0. The smallest absolute Gasteiger partial charge is 0.433 e. The Balaban J connectivity index is 1.50. The highest BCUT2D eigenvalue weighted by molar-refractivity contribution is 5.98. The van der Waals surface area contributed by atoms with Crippen molar-refractivity contribution in [1.82, 2.24) is 15.3 Å². The van der Waals surface area contributed by atoms with Crippen molar-refractivity contribution in [2.75, 3.05) is 14.2 Å². The molecule has 1 amide bonds. The quantitative estimate of drug-likeness (QED) is 0.272. The number of fused-ring (bicyclic) bond motifs is 2. The van der Waals surface area contributed by atoms with Gasteiger partial charge in [-0.25, -0.2) is 9.97 Å². The maximum atomic E-state index is 13.3. The average molecular weight is 540 g/mol. The summed E-state index contributed by atoms with van der Waals surface area (Å²) in [6.07, 6.45) is -3.10. The largest absolute Gasteiger partial charge is 0.497 e. The van der Waals surface area contributed by atoms with Gasteiger partial charge in [-0.3, -0.25) is 4.79 Å². The molecule has 39 heavy (non-hydrogen) atoms. The molecule has 0 saturated heterocycles. The van der Waals surface area contributed by atoms with E-state index in [0.29, 0.717) is 22.3 Å². The molecule has 2 aromatic carbocycles. The van der Waals surface area contributed by atoms with Crippen LogP contribution in [0.1, 0.15) is 40.5 Å². The molecule has 3 aromatic heterocycles. The van der Waals surface area contributed by atoms with Crippen molar-refractivity contribution in [3.63, 3.8) is 0 Å². The number of hydrogen-bond acceptors (Lipinski definition) is 8. The number of carbonyl (C=O) groups excluding carboxylic acids is 1. The van der Waals surface area contributed by atoms with Gasteiger partial charge in [0.25, 0.3) is 5.91 Å². The molecule has 9 nitrogen and oxygen atoms in total. The van der Waals surface area contributed by atoms with Gasteiger partial charge < -0.3 is 29.4 Å². The first-order chi connectivity index (χ1) is 18.6. The number of ether oxygens (including phenoxy) is 2. The summed E-state index contributed by atoms with van der Waals surface area (Å²) in [6.45, 7) is 1.75. The second kappa shape index (κ2) is 9.95. The number of methoxy groups -OCH3 is 2. The third kappa shape index (κ3) is 4.86. The Labute approximate surface area is 219 Å². The van der Waals surface area contributed by atoms with Crippen molar-refractivity contribution in [3.8, 4) is 23.0 Å². The van der Waals surface area contributed by atoms with Gasteiger partial charge >= 0.3 is 6.18 Å². The third-order valence-electron chi connectivity index (χ3n) is 6.14. The molecule has 5 rings (SSSR count). The normalized spacial score (nSPS) is 12.6. The van der Waals surface area contributed by atoms with Crippen molar-refractivity contribution in [2.24, 2.45) is 5.73 Å². The molecule has 1 atom stereocenters. The van der Waals surface area contributed by atoms with Crippen LogP contribution in [-0.4, -0.2) is 30.1 Å². The summed E-state index contributed by atoms with van der Waals surface area (Å²) in [4.78, 5) is 21.3. The molecule has 0 saturated carbocycles. The predicted octanol–water partition coefficient (Wildman–Crippen LogP) is 5.62. The fraction of sp³-hybridized carbons (Fsp3) is 0.222. The topological polar surface area (TPSA) is 126 Å². The van der Waals surface area contributed by atoms with Gasteiger partial charge in [-0.05, 0) is 49.4 Å². The minimum atomic E-state index is -4.64. The number of carbonyl (C=O) groups is 1. The zero-order chi connectivity index (χ0) is 27.9. The minimum absolute atomic E-state index is 0.000147. The summed E-state index contributed by atoms with van der Waals surface area (Å²) in [5.41, 5.74) is 6.59.